The van der Waals surface area contributed by atoms with Gasteiger partial charge < -0.3 is 10.2 Å². The molecule has 3 aromatic heterocycles. The number of rotatable bonds is 4. The molecule has 7 nitrogen and oxygen atoms in total. The summed E-state index contributed by atoms with van der Waals surface area (Å²) < 4.78 is 1.88. The third-order valence-electron chi connectivity index (χ3n) is 5.61. The first-order valence-electron chi connectivity index (χ1n) is 9.56. The Kier molecular flexibility index (Phi) is 4.27. The number of anilines is 1. The molecule has 1 saturated heterocycles. The van der Waals surface area contributed by atoms with E-state index < -0.39 is 0 Å². The molecular weight excluding hydrogens is 360 g/mol. The minimum Gasteiger partial charge on any atom is -0.356 e. The van der Waals surface area contributed by atoms with Crippen LogP contribution in [0.2, 0.25) is 0 Å². The van der Waals surface area contributed by atoms with Crippen molar-refractivity contribution in [3.8, 4) is 0 Å². The number of aryl methyl sites for hydroxylation is 1. The van der Waals surface area contributed by atoms with Crippen molar-refractivity contribution >= 4 is 28.8 Å². The Hall–Kier alpha value is -2.48. The van der Waals surface area contributed by atoms with E-state index in [2.05, 4.69) is 31.3 Å². The van der Waals surface area contributed by atoms with Crippen LogP contribution < -0.4 is 10.2 Å². The fraction of sp³-hybridized carbons (Fsp3) is 0.474. The van der Waals surface area contributed by atoms with Crippen LogP contribution in [0.5, 0.6) is 0 Å². The molecule has 4 heterocycles. The molecule has 1 aliphatic carbocycles. The predicted molar refractivity (Wildman–Crippen MR) is 104 cm³/mol. The number of carbonyl (C=O) groups is 1. The number of nitrogens with one attached hydrogen (secondary N) is 1. The molecule has 1 N–H and O–H groups in total. The van der Waals surface area contributed by atoms with Gasteiger partial charge in [0.2, 0.25) is 5.91 Å². The van der Waals surface area contributed by atoms with Gasteiger partial charge in [0.1, 0.15) is 12.1 Å². The van der Waals surface area contributed by atoms with E-state index in [-0.39, 0.29) is 11.8 Å². The highest BCUT2D eigenvalue weighted by Gasteiger charge is 2.30. The Morgan fingerprint density at radius 1 is 1.30 bits per heavy atom. The summed E-state index contributed by atoms with van der Waals surface area (Å²) in [6, 6.07) is 4.07. The molecule has 0 saturated carbocycles. The van der Waals surface area contributed by atoms with Crippen LogP contribution in [-0.4, -0.2) is 38.6 Å². The first-order chi connectivity index (χ1) is 13.3. The molecule has 3 aromatic rings. The zero-order valence-corrected chi connectivity index (χ0v) is 15.9. The van der Waals surface area contributed by atoms with E-state index in [4.69, 9.17) is 0 Å². The maximum absolute atomic E-state index is 12.5. The molecule has 0 atom stereocenters. The number of piperidine rings is 1. The Balaban J connectivity index is 1.29. The Morgan fingerprint density at radius 3 is 3.00 bits per heavy atom. The summed E-state index contributed by atoms with van der Waals surface area (Å²) in [5, 5.41) is 9.54. The molecule has 1 fully saturated rings. The van der Waals surface area contributed by atoms with Crippen LogP contribution in [0, 0.1) is 5.92 Å². The molecule has 0 radical (unpaired) electrons. The van der Waals surface area contributed by atoms with Gasteiger partial charge in [-0.3, -0.25) is 4.79 Å². The van der Waals surface area contributed by atoms with Gasteiger partial charge in [-0.1, -0.05) is 6.07 Å². The van der Waals surface area contributed by atoms with Crippen LogP contribution in [0.4, 0.5) is 5.82 Å². The van der Waals surface area contributed by atoms with E-state index in [0.717, 1.165) is 51.0 Å². The van der Waals surface area contributed by atoms with E-state index in [1.54, 1.807) is 17.7 Å². The number of carbonyl (C=O) groups excluding carboxylic acids is 1. The normalized spacial score (nSPS) is 17.4. The smallest absolute Gasteiger partial charge is 0.254 e. The highest BCUT2D eigenvalue weighted by atomic mass is 32.1. The van der Waals surface area contributed by atoms with Gasteiger partial charge in [-0.2, -0.15) is 14.6 Å². The van der Waals surface area contributed by atoms with Gasteiger partial charge >= 0.3 is 0 Å². The zero-order valence-electron chi connectivity index (χ0n) is 15.1. The lowest BCUT2D eigenvalue weighted by Crippen LogP contribution is -2.41. The number of fused-ring (bicyclic) bond motifs is 2. The summed E-state index contributed by atoms with van der Waals surface area (Å²) in [4.78, 5) is 25.1. The number of amides is 1. The van der Waals surface area contributed by atoms with Gasteiger partial charge in [-0.25, -0.2) is 4.98 Å². The first kappa shape index (κ1) is 16.7. The minimum atomic E-state index is 0.0855. The van der Waals surface area contributed by atoms with Crippen molar-refractivity contribution in [3.63, 3.8) is 0 Å². The molecule has 0 spiro atoms. The van der Waals surface area contributed by atoms with Crippen molar-refractivity contribution in [1.29, 1.82) is 0 Å². The van der Waals surface area contributed by atoms with Crippen molar-refractivity contribution in [2.24, 2.45) is 5.92 Å². The van der Waals surface area contributed by atoms with E-state index in [1.165, 1.54) is 16.1 Å². The van der Waals surface area contributed by atoms with Crippen molar-refractivity contribution in [2.45, 2.75) is 38.6 Å². The molecule has 27 heavy (non-hydrogen) atoms. The second-order valence-electron chi connectivity index (χ2n) is 7.24. The number of nitrogens with zero attached hydrogens (tertiary/aromatic N) is 5. The monoisotopic (exact) mass is 382 g/mol. The molecule has 8 heteroatoms. The average molecular weight is 382 g/mol. The number of hydrogen-bond donors (Lipinski definition) is 1. The molecular formula is C19H22N6OS. The molecule has 0 unspecified atom stereocenters. The van der Waals surface area contributed by atoms with Gasteiger partial charge in [0, 0.05) is 29.4 Å². The maximum atomic E-state index is 12.5. The van der Waals surface area contributed by atoms with Crippen molar-refractivity contribution in [3.05, 3.63) is 40.0 Å². The van der Waals surface area contributed by atoms with Crippen molar-refractivity contribution in [2.75, 3.05) is 18.0 Å². The maximum Gasteiger partial charge on any atom is 0.254 e. The minimum absolute atomic E-state index is 0.0855. The van der Waals surface area contributed by atoms with Crippen LogP contribution in [0.25, 0.3) is 5.78 Å². The molecule has 140 valence electrons. The van der Waals surface area contributed by atoms with Gasteiger partial charge in [-0.15, -0.1) is 11.3 Å². The summed E-state index contributed by atoms with van der Waals surface area (Å²) in [5.41, 5.74) is 2.48. The van der Waals surface area contributed by atoms with Crippen molar-refractivity contribution < 1.29 is 4.79 Å². The molecule has 2 aliphatic rings. The van der Waals surface area contributed by atoms with Gasteiger partial charge in [0.05, 0.1) is 12.2 Å². The van der Waals surface area contributed by atoms with Gasteiger partial charge in [-0.05, 0) is 43.6 Å². The van der Waals surface area contributed by atoms with Crippen molar-refractivity contribution in [1.82, 2.24) is 24.9 Å². The third-order valence-corrected chi connectivity index (χ3v) is 6.48. The summed E-state index contributed by atoms with van der Waals surface area (Å²) in [6.45, 7) is 2.36. The summed E-state index contributed by atoms with van der Waals surface area (Å²) in [6.07, 6.45) is 6.52. The van der Waals surface area contributed by atoms with Gasteiger partial charge in [0.15, 0.2) is 0 Å². The lowest BCUT2D eigenvalue weighted by molar-refractivity contribution is -0.125. The average Bonchev–Trinajstić information content (AvgIpc) is 3.45. The molecule has 0 aromatic carbocycles. The van der Waals surface area contributed by atoms with Crippen LogP contribution in [-0.2, 0) is 24.2 Å². The quantitative estimate of drug-likeness (QED) is 0.749. The number of hydrogen-bond acceptors (Lipinski definition) is 6. The zero-order chi connectivity index (χ0) is 18.2. The fourth-order valence-electron chi connectivity index (χ4n) is 4.21. The number of thiophene rings is 1. The summed E-state index contributed by atoms with van der Waals surface area (Å²) >= 11 is 1.68. The SMILES string of the molecule is O=C(NCc1cccs1)C1CCN(c2c3c(nc4ncnn24)CCC3)CC1. The second kappa shape index (κ2) is 6.92. The van der Waals surface area contributed by atoms with Crippen LogP contribution >= 0.6 is 11.3 Å². The van der Waals surface area contributed by atoms with E-state index in [1.807, 2.05) is 16.0 Å². The largest absolute Gasteiger partial charge is 0.356 e. The van der Waals surface area contributed by atoms with E-state index in [0.29, 0.717) is 12.3 Å². The molecule has 0 bridgehead atoms. The first-order valence-corrected chi connectivity index (χ1v) is 10.4. The molecule has 1 amide bonds. The van der Waals surface area contributed by atoms with E-state index in [9.17, 15) is 4.79 Å². The van der Waals surface area contributed by atoms with Crippen LogP contribution in [0.15, 0.2) is 23.8 Å². The lowest BCUT2D eigenvalue weighted by atomic mass is 9.95. The Bertz CT molecular complexity index is 958. The van der Waals surface area contributed by atoms with Crippen LogP contribution in [0.1, 0.15) is 35.4 Å². The predicted octanol–water partition coefficient (Wildman–Crippen LogP) is 2.21. The van der Waals surface area contributed by atoms with Crippen LogP contribution in [0.3, 0.4) is 0 Å². The highest BCUT2D eigenvalue weighted by Crippen LogP contribution is 2.32. The fourth-order valence-corrected chi connectivity index (χ4v) is 4.86. The molecule has 5 rings (SSSR count). The van der Waals surface area contributed by atoms with Gasteiger partial charge in [0.25, 0.3) is 5.78 Å². The van der Waals surface area contributed by atoms with E-state index >= 15 is 0 Å². The summed E-state index contributed by atoms with van der Waals surface area (Å²) in [5.74, 6) is 2.08. The number of aromatic nitrogens is 4. The highest BCUT2D eigenvalue weighted by molar-refractivity contribution is 7.09. The lowest BCUT2D eigenvalue weighted by Gasteiger charge is -2.33. The molecule has 1 aliphatic heterocycles. The summed E-state index contributed by atoms with van der Waals surface area (Å²) in [7, 11) is 0. The topological polar surface area (TPSA) is 75.4 Å². The third kappa shape index (κ3) is 3.07. The Labute approximate surface area is 161 Å². The second-order valence-corrected chi connectivity index (χ2v) is 8.28. The Morgan fingerprint density at radius 2 is 2.19 bits per heavy atom. The standard InChI is InChI=1S/C19H22N6OS/c26-17(20-11-14-3-2-10-27-14)13-6-8-24(9-7-13)18-15-4-1-5-16(15)23-19-21-12-22-25(18)19/h2-3,10,12-13H,1,4-9,11H2,(H,20,26).